The van der Waals surface area contributed by atoms with Gasteiger partial charge in [0, 0.05) is 28.1 Å². The van der Waals surface area contributed by atoms with Crippen LogP contribution in [-0.2, 0) is 4.79 Å². The number of aromatic nitrogens is 1. The summed E-state index contributed by atoms with van der Waals surface area (Å²) in [4.78, 5) is 16.8. The Morgan fingerprint density at radius 2 is 1.76 bits per heavy atom. The number of ketones is 1. The second kappa shape index (κ2) is 6.69. The minimum Gasteiger partial charge on any atom is -0.354 e. The Morgan fingerprint density at radius 3 is 2.48 bits per heavy atom. The molecule has 0 fully saturated rings. The van der Waals surface area contributed by atoms with Gasteiger partial charge < -0.3 is 4.98 Å². The maximum absolute atomic E-state index is 12.0. The standard InChI is InChI=1S/C22H19NOS/c1-15(24)14-18(20-12-7-13-25-20)21-17-10-5-6-11-19(17)23-22(21)16-8-3-2-4-9-16/h2-13,18,23H,14H2,1H3. The van der Waals surface area contributed by atoms with Gasteiger partial charge in [-0.25, -0.2) is 0 Å². The number of hydrogen-bond acceptors (Lipinski definition) is 2. The van der Waals surface area contributed by atoms with Gasteiger partial charge in [-0.15, -0.1) is 11.3 Å². The molecule has 2 aromatic heterocycles. The highest BCUT2D eigenvalue weighted by atomic mass is 32.1. The molecule has 0 saturated heterocycles. The van der Waals surface area contributed by atoms with Crippen LogP contribution in [0, 0.1) is 0 Å². The molecule has 0 saturated carbocycles. The zero-order chi connectivity index (χ0) is 17.2. The first-order valence-electron chi connectivity index (χ1n) is 8.43. The third kappa shape index (κ3) is 3.03. The van der Waals surface area contributed by atoms with Crippen LogP contribution in [0.3, 0.4) is 0 Å². The van der Waals surface area contributed by atoms with E-state index in [0.717, 1.165) is 16.8 Å². The van der Waals surface area contributed by atoms with Crippen molar-refractivity contribution in [3.63, 3.8) is 0 Å². The van der Waals surface area contributed by atoms with Gasteiger partial charge in [0.15, 0.2) is 0 Å². The monoisotopic (exact) mass is 345 g/mol. The van der Waals surface area contributed by atoms with Crippen molar-refractivity contribution < 1.29 is 4.79 Å². The maximum Gasteiger partial charge on any atom is 0.130 e. The lowest BCUT2D eigenvalue weighted by atomic mass is 9.88. The zero-order valence-electron chi connectivity index (χ0n) is 14.0. The van der Waals surface area contributed by atoms with E-state index in [1.807, 2.05) is 12.1 Å². The van der Waals surface area contributed by atoms with Crippen LogP contribution in [0.2, 0.25) is 0 Å². The number of Topliss-reactive ketones (excluding diaryl/α,β-unsaturated/α-hetero) is 1. The molecule has 2 aromatic carbocycles. The van der Waals surface area contributed by atoms with Crippen molar-refractivity contribution >= 4 is 28.0 Å². The third-order valence-electron chi connectivity index (χ3n) is 4.54. The van der Waals surface area contributed by atoms with E-state index in [1.165, 1.54) is 15.8 Å². The van der Waals surface area contributed by atoms with Gasteiger partial charge in [-0.3, -0.25) is 4.79 Å². The SMILES string of the molecule is CC(=O)CC(c1cccs1)c1c(-c2ccccc2)[nH]c2ccccc12. The van der Waals surface area contributed by atoms with Gasteiger partial charge in [-0.2, -0.15) is 0 Å². The van der Waals surface area contributed by atoms with E-state index in [2.05, 4.69) is 65.0 Å². The van der Waals surface area contributed by atoms with Crippen molar-refractivity contribution in [2.75, 3.05) is 0 Å². The van der Waals surface area contributed by atoms with Crippen LogP contribution in [0.4, 0.5) is 0 Å². The van der Waals surface area contributed by atoms with Gasteiger partial charge in [0.2, 0.25) is 0 Å². The van der Waals surface area contributed by atoms with Crippen LogP contribution < -0.4 is 0 Å². The van der Waals surface area contributed by atoms with Crippen molar-refractivity contribution in [1.82, 2.24) is 4.98 Å². The molecule has 0 spiro atoms. The summed E-state index contributed by atoms with van der Waals surface area (Å²) in [6.07, 6.45) is 0.516. The van der Waals surface area contributed by atoms with Gasteiger partial charge in [-0.1, -0.05) is 54.6 Å². The summed E-state index contributed by atoms with van der Waals surface area (Å²) in [5.41, 5.74) is 4.60. The highest BCUT2D eigenvalue weighted by Crippen LogP contribution is 2.41. The summed E-state index contributed by atoms with van der Waals surface area (Å²) in [7, 11) is 0. The fraction of sp³-hybridized carbons (Fsp3) is 0.136. The van der Waals surface area contributed by atoms with E-state index in [4.69, 9.17) is 0 Å². The predicted octanol–water partition coefficient (Wildman–Crippen LogP) is 6.01. The largest absolute Gasteiger partial charge is 0.354 e. The Balaban J connectivity index is 1.99. The molecule has 0 bridgehead atoms. The molecule has 2 nitrogen and oxygen atoms in total. The van der Waals surface area contributed by atoms with E-state index in [9.17, 15) is 4.79 Å². The molecule has 25 heavy (non-hydrogen) atoms. The van der Waals surface area contributed by atoms with Crippen molar-refractivity contribution in [2.24, 2.45) is 0 Å². The van der Waals surface area contributed by atoms with Crippen molar-refractivity contribution in [2.45, 2.75) is 19.3 Å². The smallest absolute Gasteiger partial charge is 0.130 e. The Labute approximate surface area is 151 Å². The number of thiophene rings is 1. The number of aromatic amines is 1. The highest BCUT2D eigenvalue weighted by Gasteiger charge is 2.25. The number of benzene rings is 2. The first kappa shape index (κ1) is 15.9. The topological polar surface area (TPSA) is 32.9 Å². The Hall–Kier alpha value is -2.65. The fourth-order valence-electron chi connectivity index (χ4n) is 3.48. The molecule has 0 aliphatic heterocycles. The molecule has 1 unspecified atom stereocenters. The fourth-order valence-corrected chi connectivity index (χ4v) is 4.32. The minimum absolute atomic E-state index is 0.0730. The molecule has 1 atom stereocenters. The average molecular weight is 345 g/mol. The summed E-state index contributed by atoms with van der Waals surface area (Å²) >= 11 is 1.72. The van der Waals surface area contributed by atoms with Crippen LogP contribution in [-0.4, -0.2) is 10.8 Å². The molecule has 0 amide bonds. The molecular formula is C22H19NOS. The van der Waals surface area contributed by atoms with E-state index in [-0.39, 0.29) is 11.7 Å². The molecule has 124 valence electrons. The molecule has 1 N–H and O–H groups in total. The number of H-pyrrole nitrogens is 1. The molecule has 0 aliphatic carbocycles. The van der Waals surface area contributed by atoms with E-state index < -0.39 is 0 Å². The maximum atomic E-state index is 12.0. The number of carbonyl (C=O) groups excluding carboxylic acids is 1. The normalized spacial score (nSPS) is 12.4. The van der Waals surface area contributed by atoms with E-state index in [1.54, 1.807) is 18.3 Å². The first-order valence-corrected chi connectivity index (χ1v) is 9.31. The Morgan fingerprint density at radius 1 is 1.00 bits per heavy atom. The Bertz CT molecular complexity index is 999. The van der Waals surface area contributed by atoms with E-state index >= 15 is 0 Å². The molecule has 4 rings (SSSR count). The average Bonchev–Trinajstić information content (AvgIpc) is 3.28. The van der Waals surface area contributed by atoms with Crippen molar-refractivity contribution in [3.8, 4) is 11.3 Å². The Kier molecular flexibility index (Phi) is 4.24. The number of carbonyl (C=O) groups is 1. The van der Waals surface area contributed by atoms with E-state index in [0.29, 0.717) is 6.42 Å². The summed E-state index contributed by atoms with van der Waals surface area (Å²) in [5.74, 6) is 0.284. The number of fused-ring (bicyclic) bond motifs is 1. The van der Waals surface area contributed by atoms with Gasteiger partial charge in [0.1, 0.15) is 5.78 Å². The van der Waals surface area contributed by atoms with Crippen molar-refractivity contribution in [1.29, 1.82) is 0 Å². The minimum atomic E-state index is 0.0730. The summed E-state index contributed by atoms with van der Waals surface area (Å²) in [6.45, 7) is 1.68. The number of hydrogen-bond donors (Lipinski definition) is 1. The van der Waals surface area contributed by atoms with Crippen LogP contribution >= 0.6 is 11.3 Å². The molecular weight excluding hydrogens is 326 g/mol. The molecule has 0 aliphatic rings. The quantitative estimate of drug-likeness (QED) is 0.472. The number of nitrogens with one attached hydrogen (secondary N) is 1. The number of para-hydroxylation sites is 1. The predicted molar refractivity (Wildman–Crippen MR) is 105 cm³/mol. The summed E-state index contributed by atoms with van der Waals surface area (Å²) < 4.78 is 0. The zero-order valence-corrected chi connectivity index (χ0v) is 14.8. The van der Waals surface area contributed by atoms with Crippen LogP contribution in [0.15, 0.2) is 72.1 Å². The third-order valence-corrected chi connectivity index (χ3v) is 5.52. The second-order valence-electron chi connectivity index (χ2n) is 6.30. The summed E-state index contributed by atoms with van der Waals surface area (Å²) in [5, 5.41) is 3.28. The van der Waals surface area contributed by atoms with Crippen molar-refractivity contribution in [3.05, 3.63) is 82.6 Å². The lowest BCUT2D eigenvalue weighted by molar-refractivity contribution is -0.117. The highest BCUT2D eigenvalue weighted by molar-refractivity contribution is 7.10. The van der Waals surface area contributed by atoms with Crippen LogP contribution in [0.25, 0.3) is 22.2 Å². The van der Waals surface area contributed by atoms with Crippen LogP contribution in [0.1, 0.15) is 29.7 Å². The van der Waals surface area contributed by atoms with Gasteiger partial charge in [-0.05, 0) is 35.6 Å². The molecule has 2 heterocycles. The lowest BCUT2D eigenvalue weighted by Crippen LogP contribution is -2.05. The molecule has 4 aromatic rings. The lowest BCUT2D eigenvalue weighted by Gasteiger charge is -2.16. The van der Waals surface area contributed by atoms with Crippen LogP contribution in [0.5, 0.6) is 0 Å². The first-order chi connectivity index (χ1) is 12.2. The molecule has 0 radical (unpaired) electrons. The van der Waals surface area contributed by atoms with Gasteiger partial charge >= 0.3 is 0 Å². The second-order valence-corrected chi connectivity index (χ2v) is 7.28. The van der Waals surface area contributed by atoms with Gasteiger partial charge in [0.25, 0.3) is 0 Å². The number of rotatable bonds is 5. The van der Waals surface area contributed by atoms with Gasteiger partial charge in [0.05, 0.1) is 5.69 Å². The molecule has 3 heteroatoms. The summed E-state index contributed by atoms with van der Waals surface area (Å²) in [6, 6.07) is 22.9.